The molecule has 0 aliphatic heterocycles. The van der Waals surface area contributed by atoms with Crippen molar-refractivity contribution in [2.45, 2.75) is 26.7 Å². The molecule has 0 fully saturated rings. The highest BCUT2D eigenvalue weighted by Gasteiger charge is 2.07. The largest absolute Gasteiger partial charge is 0.379 e. The Morgan fingerprint density at radius 1 is 1.39 bits per heavy atom. The van der Waals surface area contributed by atoms with Gasteiger partial charge in [-0.2, -0.15) is 0 Å². The maximum atomic E-state index is 6.05. The molecule has 18 heavy (non-hydrogen) atoms. The number of ether oxygens (including phenoxy) is 1. The van der Waals surface area contributed by atoms with Crippen molar-refractivity contribution in [3.63, 3.8) is 0 Å². The average molecular weight is 270 g/mol. The standard InChI is InChI=1S/C13H20ClN3O/c1-4-6-8-18-9-7-15-13-10(3)12(14)16-11(5-2)17-13/h4H,1,5-9H2,2-3H3,(H,15,16,17). The van der Waals surface area contributed by atoms with E-state index >= 15 is 0 Å². The Morgan fingerprint density at radius 3 is 2.83 bits per heavy atom. The number of anilines is 1. The first-order chi connectivity index (χ1) is 8.69. The summed E-state index contributed by atoms with van der Waals surface area (Å²) in [5.74, 6) is 1.54. The fraction of sp³-hybridized carbons (Fsp3) is 0.538. The van der Waals surface area contributed by atoms with Gasteiger partial charge in [-0.15, -0.1) is 6.58 Å². The molecule has 0 radical (unpaired) electrons. The van der Waals surface area contributed by atoms with E-state index in [1.54, 1.807) is 0 Å². The zero-order valence-corrected chi connectivity index (χ0v) is 11.8. The number of halogens is 1. The topological polar surface area (TPSA) is 47.0 Å². The zero-order chi connectivity index (χ0) is 13.4. The van der Waals surface area contributed by atoms with Crippen molar-refractivity contribution in [2.24, 2.45) is 0 Å². The molecule has 0 aromatic carbocycles. The molecule has 0 saturated heterocycles. The van der Waals surface area contributed by atoms with E-state index in [2.05, 4.69) is 21.9 Å². The Kier molecular flexibility index (Phi) is 6.68. The fourth-order valence-corrected chi connectivity index (χ4v) is 1.56. The quantitative estimate of drug-likeness (QED) is 0.448. The molecule has 0 aliphatic carbocycles. The predicted octanol–water partition coefficient (Wildman–Crippen LogP) is 3.01. The average Bonchev–Trinajstić information content (AvgIpc) is 2.38. The van der Waals surface area contributed by atoms with Crippen molar-refractivity contribution in [3.8, 4) is 0 Å². The van der Waals surface area contributed by atoms with Crippen LogP contribution in [0.2, 0.25) is 5.15 Å². The molecule has 4 nitrogen and oxygen atoms in total. The minimum Gasteiger partial charge on any atom is -0.379 e. The van der Waals surface area contributed by atoms with Crippen molar-refractivity contribution in [2.75, 3.05) is 25.1 Å². The van der Waals surface area contributed by atoms with Crippen LogP contribution in [0.5, 0.6) is 0 Å². The third-order valence-corrected chi connectivity index (χ3v) is 2.82. The van der Waals surface area contributed by atoms with Crippen LogP contribution >= 0.6 is 11.6 Å². The van der Waals surface area contributed by atoms with Gasteiger partial charge in [0.25, 0.3) is 0 Å². The molecule has 1 aromatic rings. The molecular formula is C13H20ClN3O. The van der Waals surface area contributed by atoms with Crippen LogP contribution in [0.4, 0.5) is 5.82 Å². The molecule has 0 spiro atoms. The first-order valence-corrected chi connectivity index (χ1v) is 6.52. The van der Waals surface area contributed by atoms with Gasteiger partial charge in [0.05, 0.1) is 13.2 Å². The van der Waals surface area contributed by atoms with Gasteiger partial charge in [0, 0.05) is 18.5 Å². The van der Waals surface area contributed by atoms with Gasteiger partial charge >= 0.3 is 0 Å². The summed E-state index contributed by atoms with van der Waals surface area (Å²) < 4.78 is 5.41. The van der Waals surface area contributed by atoms with Crippen molar-refractivity contribution in [1.82, 2.24) is 9.97 Å². The second-order valence-corrected chi connectivity index (χ2v) is 4.23. The van der Waals surface area contributed by atoms with E-state index in [4.69, 9.17) is 16.3 Å². The van der Waals surface area contributed by atoms with E-state index in [1.165, 1.54) is 0 Å². The predicted molar refractivity (Wildman–Crippen MR) is 75.3 cm³/mol. The van der Waals surface area contributed by atoms with Crippen LogP contribution in [-0.2, 0) is 11.2 Å². The smallest absolute Gasteiger partial charge is 0.137 e. The lowest BCUT2D eigenvalue weighted by Crippen LogP contribution is -2.13. The Balaban J connectivity index is 2.46. The SMILES string of the molecule is C=CCCOCCNc1nc(CC)nc(Cl)c1C. The molecular weight excluding hydrogens is 250 g/mol. The number of nitrogens with one attached hydrogen (secondary N) is 1. The maximum Gasteiger partial charge on any atom is 0.137 e. The maximum absolute atomic E-state index is 6.05. The summed E-state index contributed by atoms with van der Waals surface area (Å²) in [5.41, 5.74) is 0.875. The van der Waals surface area contributed by atoms with Gasteiger partial charge in [-0.25, -0.2) is 9.97 Å². The van der Waals surface area contributed by atoms with E-state index in [1.807, 2.05) is 19.9 Å². The molecule has 0 saturated carbocycles. The van der Waals surface area contributed by atoms with Gasteiger partial charge in [-0.1, -0.05) is 24.6 Å². The van der Waals surface area contributed by atoms with E-state index in [-0.39, 0.29) is 0 Å². The second-order valence-electron chi connectivity index (χ2n) is 3.87. The Morgan fingerprint density at radius 2 is 2.17 bits per heavy atom. The summed E-state index contributed by atoms with van der Waals surface area (Å²) in [5, 5.41) is 3.73. The molecule has 1 heterocycles. The first kappa shape index (κ1) is 14.9. The second kappa shape index (κ2) is 8.06. The third kappa shape index (κ3) is 4.63. The highest BCUT2D eigenvalue weighted by molar-refractivity contribution is 6.30. The summed E-state index contributed by atoms with van der Waals surface area (Å²) >= 11 is 6.05. The van der Waals surface area contributed by atoms with Crippen molar-refractivity contribution in [1.29, 1.82) is 0 Å². The van der Waals surface area contributed by atoms with E-state index < -0.39 is 0 Å². The minimum atomic E-state index is 0.511. The molecule has 0 atom stereocenters. The molecule has 0 aliphatic rings. The van der Waals surface area contributed by atoms with Gasteiger partial charge in [0.1, 0.15) is 16.8 Å². The van der Waals surface area contributed by atoms with Crippen LogP contribution in [0.3, 0.4) is 0 Å². The number of rotatable bonds is 8. The lowest BCUT2D eigenvalue weighted by Gasteiger charge is -2.11. The van der Waals surface area contributed by atoms with Gasteiger partial charge in [-0.05, 0) is 13.3 Å². The zero-order valence-electron chi connectivity index (χ0n) is 11.0. The molecule has 100 valence electrons. The van der Waals surface area contributed by atoms with Crippen LogP contribution in [0.1, 0.15) is 24.7 Å². The van der Waals surface area contributed by atoms with E-state index in [0.29, 0.717) is 24.9 Å². The lowest BCUT2D eigenvalue weighted by molar-refractivity contribution is 0.149. The molecule has 0 bridgehead atoms. The van der Waals surface area contributed by atoms with Gasteiger partial charge in [0.2, 0.25) is 0 Å². The molecule has 1 aromatic heterocycles. The van der Waals surface area contributed by atoms with Crippen LogP contribution in [0.25, 0.3) is 0 Å². The first-order valence-electron chi connectivity index (χ1n) is 6.14. The summed E-state index contributed by atoms with van der Waals surface area (Å²) in [7, 11) is 0. The Labute approximate surface area is 113 Å². The van der Waals surface area contributed by atoms with Crippen LogP contribution in [-0.4, -0.2) is 29.7 Å². The molecule has 1 N–H and O–H groups in total. The highest BCUT2D eigenvalue weighted by atomic mass is 35.5. The molecule has 0 amide bonds. The van der Waals surface area contributed by atoms with Crippen molar-refractivity contribution >= 4 is 17.4 Å². The molecule has 1 rings (SSSR count). The Hall–Kier alpha value is -1.13. The number of hydrogen-bond donors (Lipinski definition) is 1. The third-order valence-electron chi connectivity index (χ3n) is 2.45. The van der Waals surface area contributed by atoms with Gasteiger partial charge < -0.3 is 10.1 Å². The van der Waals surface area contributed by atoms with Gasteiger partial charge in [0.15, 0.2) is 0 Å². The lowest BCUT2D eigenvalue weighted by atomic mass is 10.3. The summed E-state index contributed by atoms with van der Waals surface area (Å²) in [6.45, 7) is 9.59. The number of hydrogen-bond acceptors (Lipinski definition) is 4. The van der Waals surface area contributed by atoms with Crippen molar-refractivity contribution in [3.05, 3.63) is 29.2 Å². The minimum absolute atomic E-state index is 0.511. The fourth-order valence-electron chi connectivity index (χ4n) is 1.37. The summed E-state index contributed by atoms with van der Waals surface area (Å²) in [6, 6.07) is 0. The Bertz CT molecular complexity index is 396. The molecule has 0 unspecified atom stereocenters. The number of aryl methyl sites for hydroxylation is 1. The monoisotopic (exact) mass is 269 g/mol. The summed E-state index contributed by atoms with van der Waals surface area (Å²) in [4.78, 5) is 8.60. The number of nitrogens with zero attached hydrogens (tertiary/aromatic N) is 2. The van der Waals surface area contributed by atoms with E-state index in [9.17, 15) is 0 Å². The van der Waals surface area contributed by atoms with Crippen LogP contribution in [0, 0.1) is 6.92 Å². The van der Waals surface area contributed by atoms with Crippen LogP contribution in [0.15, 0.2) is 12.7 Å². The highest BCUT2D eigenvalue weighted by Crippen LogP contribution is 2.19. The number of aromatic nitrogens is 2. The molecule has 5 heteroatoms. The normalized spacial score (nSPS) is 10.4. The summed E-state index contributed by atoms with van der Waals surface area (Å²) in [6.07, 6.45) is 3.48. The van der Waals surface area contributed by atoms with Crippen molar-refractivity contribution < 1.29 is 4.74 Å². The van der Waals surface area contributed by atoms with E-state index in [0.717, 1.165) is 30.0 Å². The van der Waals surface area contributed by atoms with Gasteiger partial charge in [-0.3, -0.25) is 0 Å². The van der Waals surface area contributed by atoms with Crippen LogP contribution < -0.4 is 5.32 Å².